The molecule has 1 N–H and O–H groups in total. The number of carbonyl (C=O) groups excluding carboxylic acids is 1. The Balaban J connectivity index is 1.17. The van der Waals surface area contributed by atoms with E-state index in [-0.39, 0.29) is 11.6 Å². The second-order valence-electron chi connectivity index (χ2n) is 8.82. The Hall–Kier alpha value is -3.49. The van der Waals surface area contributed by atoms with Gasteiger partial charge in [-0.05, 0) is 62.8 Å². The fourth-order valence-corrected chi connectivity index (χ4v) is 4.61. The minimum atomic E-state index is -0.599. The molecule has 1 saturated heterocycles. The Bertz CT molecular complexity index is 1170. The molecule has 1 aliphatic heterocycles. The van der Waals surface area contributed by atoms with Crippen molar-refractivity contribution in [2.24, 2.45) is 5.92 Å². The summed E-state index contributed by atoms with van der Waals surface area (Å²) in [5, 5.41) is 7.74. The molecule has 2 fully saturated rings. The standard InChI is InChI=1S/C24H25F2N5O2/c1-16-6-7-19(26)22(28-16)30-15-24(33-23(30)32)11-8-17(9-12-24)14-27-21-10-13-31(29-21)20-5-3-2-4-18(20)25/h2-7,10,13,17H,8-9,11-12,14-15H2,1H3,(H,27,29). The number of anilines is 2. The summed E-state index contributed by atoms with van der Waals surface area (Å²) in [6.45, 7) is 2.79. The van der Waals surface area contributed by atoms with Crippen LogP contribution in [0.2, 0.25) is 0 Å². The summed E-state index contributed by atoms with van der Waals surface area (Å²) in [5.41, 5.74) is 0.447. The van der Waals surface area contributed by atoms with E-state index in [0.717, 1.165) is 19.4 Å². The number of rotatable bonds is 5. The van der Waals surface area contributed by atoms with Crippen LogP contribution < -0.4 is 10.2 Å². The molecule has 0 radical (unpaired) electrons. The van der Waals surface area contributed by atoms with E-state index >= 15 is 0 Å². The smallest absolute Gasteiger partial charge is 0.416 e. The number of amides is 1. The molecule has 1 aromatic carbocycles. The molecule has 0 bridgehead atoms. The molecule has 1 aliphatic carbocycles. The third-order valence-electron chi connectivity index (χ3n) is 6.47. The van der Waals surface area contributed by atoms with Gasteiger partial charge in [0, 0.05) is 24.5 Å². The molecule has 7 nitrogen and oxygen atoms in total. The van der Waals surface area contributed by atoms with Crippen LogP contribution in [0.25, 0.3) is 5.69 Å². The predicted molar refractivity (Wildman–Crippen MR) is 119 cm³/mol. The van der Waals surface area contributed by atoms with Crippen molar-refractivity contribution in [3.05, 3.63) is 66.0 Å². The van der Waals surface area contributed by atoms with Gasteiger partial charge in [-0.3, -0.25) is 4.90 Å². The molecule has 1 amide bonds. The lowest BCUT2D eigenvalue weighted by molar-refractivity contribution is 0.0148. The van der Waals surface area contributed by atoms with Crippen molar-refractivity contribution in [3.63, 3.8) is 0 Å². The number of nitrogens with one attached hydrogen (secondary N) is 1. The van der Waals surface area contributed by atoms with Gasteiger partial charge in [-0.25, -0.2) is 23.2 Å². The fraction of sp³-hybridized carbons (Fsp3) is 0.375. The van der Waals surface area contributed by atoms with E-state index in [2.05, 4.69) is 15.4 Å². The minimum Gasteiger partial charge on any atom is -0.441 e. The average molecular weight is 453 g/mol. The number of halogens is 2. The Morgan fingerprint density at radius 1 is 1.12 bits per heavy atom. The molecule has 2 aliphatic rings. The highest BCUT2D eigenvalue weighted by Crippen LogP contribution is 2.41. The van der Waals surface area contributed by atoms with Gasteiger partial charge in [0.25, 0.3) is 0 Å². The van der Waals surface area contributed by atoms with Crippen LogP contribution in [-0.2, 0) is 4.74 Å². The molecule has 3 heterocycles. The summed E-state index contributed by atoms with van der Waals surface area (Å²) >= 11 is 0. The highest BCUT2D eigenvalue weighted by molar-refractivity contribution is 5.89. The lowest BCUT2D eigenvalue weighted by Crippen LogP contribution is -2.40. The van der Waals surface area contributed by atoms with Gasteiger partial charge in [-0.2, -0.15) is 5.10 Å². The normalized spacial score (nSPS) is 22.6. The highest BCUT2D eigenvalue weighted by Gasteiger charge is 2.48. The number of hydrogen-bond donors (Lipinski definition) is 1. The maximum absolute atomic E-state index is 14.3. The molecular weight excluding hydrogens is 428 g/mol. The summed E-state index contributed by atoms with van der Waals surface area (Å²) < 4.78 is 35.5. The van der Waals surface area contributed by atoms with Crippen molar-refractivity contribution in [3.8, 4) is 5.69 Å². The largest absolute Gasteiger partial charge is 0.441 e. The third kappa shape index (κ3) is 4.27. The van der Waals surface area contributed by atoms with E-state index in [1.165, 1.54) is 21.7 Å². The Morgan fingerprint density at radius 3 is 2.70 bits per heavy atom. The van der Waals surface area contributed by atoms with Crippen LogP contribution >= 0.6 is 0 Å². The highest BCUT2D eigenvalue weighted by atomic mass is 19.1. The van der Waals surface area contributed by atoms with Gasteiger partial charge in [0.05, 0.1) is 6.54 Å². The molecule has 33 heavy (non-hydrogen) atoms. The Kier molecular flexibility index (Phi) is 5.47. The number of ether oxygens (including phenoxy) is 1. The number of hydrogen-bond acceptors (Lipinski definition) is 5. The van der Waals surface area contributed by atoms with Crippen LogP contribution in [0.4, 0.5) is 25.2 Å². The van der Waals surface area contributed by atoms with Gasteiger partial charge in [0.1, 0.15) is 22.9 Å². The van der Waals surface area contributed by atoms with E-state index in [1.807, 2.05) is 6.07 Å². The first-order valence-electron chi connectivity index (χ1n) is 11.1. The van der Waals surface area contributed by atoms with Crippen LogP contribution in [0.1, 0.15) is 31.4 Å². The van der Waals surface area contributed by atoms with Gasteiger partial charge >= 0.3 is 6.09 Å². The van der Waals surface area contributed by atoms with Crippen LogP contribution in [0, 0.1) is 24.5 Å². The summed E-state index contributed by atoms with van der Waals surface area (Å²) in [6, 6.07) is 11.2. The second kappa shape index (κ2) is 8.46. The van der Waals surface area contributed by atoms with Crippen molar-refractivity contribution >= 4 is 17.7 Å². The zero-order valence-corrected chi connectivity index (χ0v) is 18.3. The van der Waals surface area contributed by atoms with Crippen molar-refractivity contribution in [2.45, 2.75) is 38.2 Å². The van der Waals surface area contributed by atoms with Crippen LogP contribution in [-0.4, -0.2) is 39.5 Å². The summed E-state index contributed by atoms with van der Waals surface area (Å²) in [7, 11) is 0. The van der Waals surface area contributed by atoms with Crippen molar-refractivity contribution in [2.75, 3.05) is 23.3 Å². The predicted octanol–water partition coefficient (Wildman–Crippen LogP) is 4.85. The first-order valence-corrected chi connectivity index (χ1v) is 11.1. The second-order valence-corrected chi connectivity index (χ2v) is 8.82. The number of carbonyl (C=O) groups is 1. The topological polar surface area (TPSA) is 72.3 Å². The first-order chi connectivity index (χ1) is 15.9. The molecule has 5 rings (SSSR count). The molecule has 1 spiro atoms. The van der Waals surface area contributed by atoms with Crippen LogP contribution in [0.5, 0.6) is 0 Å². The van der Waals surface area contributed by atoms with E-state index in [9.17, 15) is 13.6 Å². The monoisotopic (exact) mass is 453 g/mol. The Morgan fingerprint density at radius 2 is 1.91 bits per heavy atom. The van der Waals surface area contributed by atoms with Crippen molar-refractivity contribution in [1.82, 2.24) is 14.8 Å². The number of para-hydroxylation sites is 1. The lowest BCUT2D eigenvalue weighted by atomic mass is 9.78. The lowest BCUT2D eigenvalue weighted by Gasteiger charge is -2.35. The molecule has 2 aromatic heterocycles. The van der Waals surface area contributed by atoms with Crippen molar-refractivity contribution < 1.29 is 18.3 Å². The van der Waals surface area contributed by atoms with E-state index in [4.69, 9.17) is 4.74 Å². The SMILES string of the molecule is Cc1ccc(F)c(N2CC3(CCC(CNc4ccn(-c5ccccc5F)n4)CC3)OC2=O)n1. The fourth-order valence-electron chi connectivity index (χ4n) is 4.61. The van der Waals surface area contributed by atoms with Gasteiger partial charge in [-0.15, -0.1) is 0 Å². The minimum absolute atomic E-state index is 0.0334. The molecule has 0 unspecified atom stereocenters. The number of benzene rings is 1. The van der Waals surface area contributed by atoms with Gasteiger partial charge in [0.2, 0.25) is 0 Å². The van der Waals surface area contributed by atoms with E-state index in [0.29, 0.717) is 42.5 Å². The molecule has 1 saturated carbocycles. The van der Waals surface area contributed by atoms with E-state index in [1.54, 1.807) is 37.4 Å². The zero-order valence-electron chi connectivity index (χ0n) is 18.3. The average Bonchev–Trinajstić information content (AvgIpc) is 3.40. The number of nitrogens with zero attached hydrogens (tertiary/aromatic N) is 4. The number of pyridine rings is 1. The van der Waals surface area contributed by atoms with Gasteiger partial charge in [0.15, 0.2) is 11.6 Å². The summed E-state index contributed by atoms with van der Waals surface area (Å²) in [4.78, 5) is 18.0. The van der Waals surface area contributed by atoms with Crippen LogP contribution in [0.3, 0.4) is 0 Å². The van der Waals surface area contributed by atoms with E-state index < -0.39 is 17.5 Å². The first kappa shape index (κ1) is 21.4. The molecule has 172 valence electrons. The maximum atomic E-state index is 14.3. The molecular formula is C24H25F2N5O2. The summed E-state index contributed by atoms with van der Waals surface area (Å²) in [5.74, 6) is 0.243. The molecule has 3 aromatic rings. The number of aromatic nitrogens is 3. The summed E-state index contributed by atoms with van der Waals surface area (Å²) in [6.07, 6.45) is 4.33. The maximum Gasteiger partial charge on any atom is 0.416 e. The molecule has 9 heteroatoms. The molecule has 0 atom stereocenters. The Labute approximate surface area is 190 Å². The van der Waals surface area contributed by atoms with Crippen molar-refractivity contribution in [1.29, 1.82) is 0 Å². The zero-order chi connectivity index (χ0) is 23.0. The van der Waals surface area contributed by atoms with Gasteiger partial charge in [-0.1, -0.05) is 12.1 Å². The quantitative estimate of drug-likeness (QED) is 0.598. The van der Waals surface area contributed by atoms with Gasteiger partial charge < -0.3 is 10.1 Å². The number of aryl methyl sites for hydroxylation is 1. The van der Waals surface area contributed by atoms with Crippen LogP contribution in [0.15, 0.2) is 48.7 Å². The third-order valence-corrected chi connectivity index (χ3v) is 6.47.